The SMILES string of the molecule is CCCc1ncc2c(n1)CCN(Cc1cccc(C(F)(F)F)c1F)C2. The summed E-state index contributed by atoms with van der Waals surface area (Å²) >= 11 is 0. The minimum Gasteiger partial charge on any atom is -0.294 e. The van der Waals surface area contributed by atoms with Crippen molar-refractivity contribution in [2.75, 3.05) is 6.54 Å². The highest BCUT2D eigenvalue weighted by Gasteiger charge is 2.35. The second kappa shape index (κ2) is 7.07. The van der Waals surface area contributed by atoms with Crippen molar-refractivity contribution in [3.8, 4) is 0 Å². The van der Waals surface area contributed by atoms with E-state index in [0.29, 0.717) is 19.5 Å². The molecule has 0 spiro atoms. The van der Waals surface area contributed by atoms with Gasteiger partial charge in [0.1, 0.15) is 11.6 Å². The smallest absolute Gasteiger partial charge is 0.294 e. The second-order valence-corrected chi connectivity index (χ2v) is 6.25. The first-order valence-electron chi connectivity index (χ1n) is 8.29. The maximum absolute atomic E-state index is 14.2. The summed E-state index contributed by atoms with van der Waals surface area (Å²) in [5, 5.41) is 0. The van der Waals surface area contributed by atoms with E-state index < -0.39 is 17.6 Å². The third-order valence-corrected chi connectivity index (χ3v) is 4.31. The van der Waals surface area contributed by atoms with Crippen LogP contribution >= 0.6 is 0 Å². The normalized spacial score (nSPS) is 15.2. The molecule has 3 nitrogen and oxygen atoms in total. The van der Waals surface area contributed by atoms with Gasteiger partial charge in [-0.3, -0.25) is 4.90 Å². The Balaban J connectivity index is 1.76. The molecule has 2 aromatic rings. The number of benzene rings is 1. The van der Waals surface area contributed by atoms with Gasteiger partial charge in [0.2, 0.25) is 0 Å². The highest BCUT2D eigenvalue weighted by molar-refractivity contribution is 5.29. The van der Waals surface area contributed by atoms with Crippen molar-refractivity contribution < 1.29 is 17.6 Å². The average Bonchev–Trinajstić information content (AvgIpc) is 2.56. The van der Waals surface area contributed by atoms with Gasteiger partial charge in [0.05, 0.1) is 5.56 Å². The number of aromatic nitrogens is 2. The van der Waals surface area contributed by atoms with Gasteiger partial charge in [0.25, 0.3) is 0 Å². The fraction of sp³-hybridized carbons (Fsp3) is 0.444. The molecule has 1 aromatic carbocycles. The van der Waals surface area contributed by atoms with Gasteiger partial charge < -0.3 is 0 Å². The van der Waals surface area contributed by atoms with Gasteiger partial charge in [0.15, 0.2) is 0 Å². The lowest BCUT2D eigenvalue weighted by Crippen LogP contribution is -2.31. The molecule has 0 bridgehead atoms. The van der Waals surface area contributed by atoms with Crippen molar-refractivity contribution in [2.24, 2.45) is 0 Å². The molecule has 3 rings (SSSR count). The molecule has 0 atom stereocenters. The fourth-order valence-electron chi connectivity index (χ4n) is 3.06. The van der Waals surface area contributed by atoms with Crippen LogP contribution < -0.4 is 0 Å². The van der Waals surface area contributed by atoms with E-state index in [2.05, 4.69) is 16.9 Å². The fourth-order valence-corrected chi connectivity index (χ4v) is 3.06. The zero-order valence-corrected chi connectivity index (χ0v) is 13.9. The number of hydrogen-bond acceptors (Lipinski definition) is 3. The third kappa shape index (κ3) is 3.98. The van der Waals surface area contributed by atoms with Crippen LogP contribution in [-0.4, -0.2) is 21.4 Å². The number of fused-ring (bicyclic) bond motifs is 1. The van der Waals surface area contributed by atoms with Crippen LogP contribution in [0.5, 0.6) is 0 Å². The first-order chi connectivity index (χ1) is 11.9. The number of halogens is 4. The molecule has 1 aromatic heterocycles. The summed E-state index contributed by atoms with van der Waals surface area (Å²) in [6.07, 6.45) is -0.415. The van der Waals surface area contributed by atoms with E-state index in [-0.39, 0.29) is 12.1 Å². The van der Waals surface area contributed by atoms with Crippen molar-refractivity contribution in [3.63, 3.8) is 0 Å². The third-order valence-electron chi connectivity index (χ3n) is 4.31. The van der Waals surface area contributed by atoms with Gasteiger partial charge in [0, 0.05) is 55.5 Å². The highest BCUT2D eigenvalue weighted by atomic mass is 19.4. The van der Waals surface area contributed by atoms with E-state index in [1.54, 1.807) is 6.20 Å². The first-order valence-corrected chi connectivity index (χ1v) is 8.29. The Bertz CT molecular complexity index is 758. The summed E-state index contributed by atoms with van der Waals surface area (Å²) in [6, 6.07) is 3.42. The molecule has 0 aliphatic carbocycles. The summed E-state index contributed by atoms with van der Waals surface area (Å²) < 4.78 is 52.7. The molecule has 134 valence electrons. The average molecular weight is 353 g/mol. The summed E-state index contributed by atoms with van der Waals surface area (Å²) in [6.45, 7) is 3.34. The van der Waals surface area contributed by atoms with Gasteiger partial charge in [-0.25, -0.2) is 14.4 Å². The lowest BCUT2D eigenvalue weighted by molar-refractivity contribution is -0.140. The second-order valence-electron chi connectivity index (χ2n) is 6.25. The van der Waals surface area contributed by atoms with Crippen molar-refractivity contribution in [1.29, 1.82) is 0 Å². The Labute approximate surface area is 143 Å². The van der Waals surface area contributed by atoms with Crippen LogP contribution in [0.3, 0.4) is 0 Å². The Morgan fingerprint density at radius 3 is 2.76 bits per heavy atom. The van der Waals surface area contributed by atoms with E-state index >= 15 is 0 Å². The highest BCUT2D eigenvalue weighted by Crippen LogP contribution is 2.33. The standard InChI is InChI=1S/C18H19F4N3/c1-2-4-16-23-9-13-11-25(8-7-15(13)24-16)10-12-5-3-6-14(17(12)19)18(20,21)22/h3,5-6,9H,2,4,7-8,10-11H2,1H3. The molecular formula is C18H19F4N3. The van der Waals surface area contributed by atoms with Crippen LogP contribution in [0, 0.1) is 5.82 Å². The molecule has 1 aliphatic heterocycles. The van der Waals surface area contributed by atoms with E-state index in [1.807, 2.05) is 4.90 Å². The zero-order valence-electron chi connectivity index (χ0n) is 13.9. The Morgan fingerprint density at radius 1 is 1.24 bits per heavy atom. The molecular weight excluding hydrogens is 334 g/mol. The predicted molar refractivity (Wildman–Crippen MR) is 85.2 cm³/mol. The lowest BCUT2D eigenvalue weighted by Gasteiger charge is -2.28. The first kappa shape index (κ1) is 17.8. The minimum atomic E-state index is -4.68. The number of nitrogens with zero attached hydrogens (tertiary/aromatic N) is 3. The molecule has 7 heteroatoms. The molecule has 1 aliphatic rings. The van der Waals surface area contributed by atoms with Crippen LogP contribution in [0.15, 0.2) is 24.4 Å². The summed E-state index contributed by atoms with van der Waals surface area (Å²) in [7, 11) is 0. The lowest BCUT2D eigenvalue weighted by atomic mass is 10.0. The molecule has 0 unspecified atom stereocenters. The summed E-state index contributed by atoms with van der Waals surface area (Å²) in [4.78, 5) is 10.8. The monoisotopic (exact) mass is 353 g/mol. The van der Waals surface area contributed by atoms with E-state index in [1.165, 1.54) is 12.1 Å². The van der Waals surface area contributed by atoms with Crippen molar-refractivity contribution in [1.82, 2.24) is 14.9 Å². The van der Waals surface area contributed by atoms with Gasteiger partial charge in [-0.2, -0.15) is 13.2 Å². The molecule has 0 radical (unpaired) electrons. The van der Waals surface area contributed by atoms with Gasteiger partial charge in [-0.1, -0.05) is 19.1 Å². The molecule has 0 saturated carbocycles. The maximum Gasteiger partial charge on any atom is 0.419 e. The molecule has 25 heavy (non-hydrogen) atoms. The van der Waals surface area contributed by atoms with Crippen molar-refractivity contribution in [3.05, 3.63) is 58.4 Å². The number of alkyl halides is 3. The number of hydrogen-bond donors (Lipinski definition) is 0. The van der Waals surface area contributed by atoms with E-state index in [9.17, 15) is 17.6 Å². The Hall–Kier alpha value is -2.02. The minimum absolute atomic E-state index is 0.0572. The topological polar surface area (TPSA) is 29.0 Å². The van der Waals surface area contributed by atoms with Gasteiger partial charge in [-0.05, 0) is 12.5 Å². The van der Waals surface area contributed by atoms with Crippen LogP contribution in [0.4, 0.5) is 17.6 Å². The van der Waals surface area contributed by atoms with Crippen LogP contribution in [-0.2, 0) is 32.1 Å². The van der Waals surface area contributed by atoms with Crippen LogP contribution in [0.2, 0.25) is 0 Å². The molecule has 0 N–H and O–H groups in total. The van der Waals surface area contributed by atoms with Crippen LogP contribution in [0.25, 0.3) is 0 Å². The molecule has 0 fully saturated rings. The van der Waals surface area contributed by atoms with Gasteiger partial charge in [-0.15, -0.1) is 0 Å². The van der Waals surface area contributed by atoms with Gasteiger partial charge >= 0.3 is 6.18 Å². The van der Waals surface area contributed by atoms with Crippen LogP contribution in [0.1, 0.15) is 41.6 Å². The number of rotatable bonds is 4. The zero-order chi connectivity index (χ0) is 18.0. The van der Waals surface area contributed by atoms with Crippen molar-refractivity contribution in [2.45, 2.75) is 45.5 Å². The molecule has 0 amide bonds. The molecule has 0 saturated heterocycles. The maximum atomic E-state index is 14.2. The Morgan fingerprint density at radius 2 is 2.04 bits per heavy atom. The predicted octanol–water partition coefficient (Wildman–Crippen LogP) is 4.15. The quantitative estimate of drug-likeness (QED) is 0.774. The summed E-state index contributed by atoms with van der Waals surface area (Å²) in [5.41, 5.74) is 0.787. The number of aryl methyl sites for hydroxylation is 1. The summed E-state index contributed by atoms with van der Waals surface area (Å²) in [5.74, 6) is -0.367. The largest absolute Gasteiger partial charge is 0.419 e. The van der Waals surface area contributed by atoms with E-state index in [4.69, 9.17) is 0 Å². The van der Waals surface area contributed by atoms with Crippen molar-refractivity contribution >= 4 is 0 Å². The Kier molecular flexibility index (Phi) is 5.03. The van der Waals surface area contributed by atoms with E-state index in [0.717, 1.165) is 36.0 Å². The molecule has 2 heterocycles.